The predicted octanol–water partition coefficient (Wildman–Crippen LogP) is 3.19. The summed E-state index contributed by atoms with van der Waals surface area (Å²) < 4.78 is 0. The second-order valence-electron chi connectivity index (χ2n) is 4.45. The van der Waals surface area contributed by atoms with Crippen molar-refractivity contribution in [2.75, 3.05) is 6.54 Å². The molecule has 2 aromatic rings. The van der Waals surface area contributed by atoms with Crippen LogP contribution in [0.1, 0.15) is 15.9 Å². The second-order valence-corrected chi connectivity index (χ2v) is 5.30. The third kappa shape index (κ3) is 5.17. The van der Waals surface area contributed by atoms with Crippen molar-refractivity contribution in [3.63, 3.8) is 0 Å². The summed E-state index contributed by atoms with van der Waals surface area (Å²) in [4.78, 5) is 11.9. The molecule has 0 aliphatic carbocycles. The molecule has 0 radical (unpaired) electrons. The van der Waals surface area contributed by atoms with Crippen molar-refractivity contribution in [3.8, 4) is 0 Å². The van der Waals surface area contributed by atoms with Gasteiger partial charge in [-0.25, -0.2) is 0 Å². The fraction of sp³-hybridized carbons (Fsp3) is 0.125. The molecule has 0 saturated heterocycles. The third-order valence-corrected chi connectivity index (χ3v) is 3.37. The fourth-order valence-corrected chi connectivity index (χ4v) is 2.11. The van der Waals surface area contributed by atoms with Gasteiger partial charge in [-0.1, -0.05) is 41.9 Å². The average Bonchev–Trinajstić information content (AvgIpc) is 2.49. The standard InChI is InChI=1S/C16H15ClN2OS/c17-14-8-6-13(7-9-14)15(20)19-16(21)18-11-10-12-4-2-1-3-5-12/h1-9H,10-11H2,(H2,18,19,20,21). The Bertz CT molecular complexity index is 614. The van der Waals surface area contributed by atoms with E-state index in [2.05, 4.69) is 22.8 Å². The van der Waals surface area contributed by atoms with E-state index in [1.54, 1.807) is 24.3 Å². The van der Waals surface area contributed by atoms with Crippen molar-refractivity contribution >= 4 is 34.8 Å². The monoisotopic (exact) mass is 318 g/mol. The summed E-state index contributed by atoms with van der Waals surface area (Å²) >= 11 is 10.9. The van der Waals surface area contributed by atoms with Crippen LogP contribution >= 0.6 is 23.8 Å². The number of hydrogen-bond donors (Lipinski definition) is 2. The van der Waals surface area contributed by atoms with Gasteiger partial charge in [0, 0.05) is 17.1 Å². The van der Waals surface area contributed by atoms with Gasteiger partial charge < -0.3 is 5.32 Å². The second kappa shape index (κ2) is 7.76. The highest BCUT2D eigenvalue weighted by atomic mass is 35.5. The number of nitrogens with one attached hydrogen (secondary N) is 2. The highest BCUT2D eigenvalue weighted by Gasteiger charge is 2.07. The molecule has 0 aromatic heterocycles. The molecule has 5 heteroatoms. The molecule has 2 aromatic carbocycles. The number of benzene rings is 2. The number of carbonyl (C=O) groups is 1. The Morgan fingerprint density at radius 3 is 2.38 bits per heavy atom. The van der Waals surface area contributed by atoms with E-state index in [-0.39, 0.29) is 5.91 Å². The van der Waals surface area contributed by atoms with Crippen molar-refractivity contribution < 1.29 is 4.79 Å². The Hall–Kier alpha value is -1.91. The smallest absolute Gasteiger partial charge is 0.257 e. The van der Waals surface area contributed by atoms with Crippen LogP contribution in [0.25, 0.3) is 0 Å². The van der Waals surface area contributed by atoms with E-state index in [0.717, 1.165) is 6.42 Å². The molecule has 0 saturated carbocycles. The number of hydrogen-bond acceptors (Lipinski definition) is 2. The van der Waals surface area contributed by atoms with Crippen LogP contribution in [0.3, 0.4) is 0 Å². The molecular weight excluding hydrogens is 304 g/mol. The van der Waals surface area contributed by atoms with Crippen molar-refractivity contribution in [1.29, 1.82) is 0 Å². The van der Waals surface area contributed by atoms with Crippen LogP contribution in [0.5, 0.6) is 0 Å². The molecule has 0 spiro atoms. The lowest BCUT2D eigenvalue weighted by atomic mass is 10.1. The Morgan fingerprint density at radius 2 is 1.71 bits per heavy atom. The molecule has 0 atom stereocenters. The lowest BCUT2D eigenvalue weighted by Crippen LogP contribution is -2.40. The quantitative estimate of drug-likeness (QED) is 0.851. The van der Waals surface area contributed by atoms with Gasteiger partial charge in [0.15, 0.2) is 5.11 Å². The summed E-state index contributed by atoms with van der Waals surface area (Å²) in [5, 5.41) is 6.57. The summed E-state index contributed by atoms with van der Waals surface area (Å²) in [5.41, 5.74) is 1.74. The SMILES string of the molecule is O=C(NC(=S)NCCc1ccccc1)c1ccc(Cl)cc1. The van der Waals surface area contributed by atoms with Gasteiger partial charge in [-0.2, -0.15) is 0 Å². The van der Waals surface area contributed by atoms with E-state index in [1.165, 1.54) is 5.56 Å². The first-order valence-electron chi connectivity index (χ1n) is 6.54. The van der Waals surface area contributed by atoms with E-state index in [9.17, 15) is 4.79 Å². The number of carbonyl (C=O) groups excluding carboxylic acids is 1. The molecule has 0 bridgehead atoms. The van der Waals surface area contributed by atoms with Gasteiger partial charge in [-0.3, -0.25) is 10.1 Å². The zero-order chi connectivity index (χ0) is 15.1. The molecule has 1 amide bonds. The first-order chi connectivity index (χ1) is 10.1. The van der Waals surface area contributed by atoms with Gasteiger partial charge >= 0.3 is 0 Å². The topological polar surface area (TPSA) is 41.1 Å². The van der Waals surface area contributed by atoms with Gasteiger partial charge in [0.2, 0.25) is 0 Å². The minimum absolute atomic E-state index is 0.246. The van der Waals surface area contributed by atoms with Crippen LogP contribution in [0.15, 0.2) is 54.6 Å². The van der Waals surface area contributed by atoms with E-state index in [4.69, 9.17) is 23.8 Å². The number of halogens is 1. The van der Waals surface area contributed by atoms with E-state index >= 15 is 0 Å². The lowest BCUT2D eigenvalue weighted by molar-refractivity contribution is 0.0976. The van der Waals surface area contributed by atoms with E-state index in [1.807, 2.05) is 18.2 Å². The van der Waals surface area contributed by atoms with Gasteiger partial charge in [0.05, 0.1) is 0 Å². The predicted molar refractivity (Wildman–Crippen MR) is 89.7 cm³/mol. The summed E-state index contributed by atoms with van der Waals surface area (Å²) in [6.45, 7) is 0.670. The van der Waals surface area contributed by atoms with Gasteiger partial charge in [0.25, 0.3) is 5.91 Å². The Balaban J connectivity index is 1.76. The van der Waals surface area contributed by atoms with Crippen molar-refractivity contribution in [3.05, 3.63) is 70.7 Å². The van der Waals surface area contributed by atoms with Gasteiger partial charge in [-0.05, 0) is 48.5 Å². The minimum atomic E-state index is -0.246. The van der Waals surface area contributed by atoms with Gasteiger partial charge in [-0.15, -0.1) is 0 Å². The third-order valence-electron chi connectivity index (χ3n) is 2.88. The number of rotatable bonds is 4. The summed E-state index contributed by atoms with van der Waals surface area (Å²) in [5.74, 6) is -0.246. The van der Waals surface area contributed by atoms with Crippen LogP contribution in [0.2, 0.25) is 5.02 Å². The van der Waals surface area contributed by atoms with Crippen molar-refractivity contribution in [2.45, 2.75) is 6.42 Å². The lowest BCUT2D eigenvalue weighted by Gasteiger charge is -2.09. The highest BCUT2D eigenvalue weighted by molar-refractivity contribution is 7.80. The first kappa shape index (κ1) is 15.5. The van der Waals surface area contributed by atoms with E-state index in [0.29, 0.717) is 22.2 Å². The maximum Gasteiger partial charge on any atom is 0.257 e. The molecule has 0 aliphatic heterocycles. The van der Waals surface area contributed by atoms with Crippen LogP contribution < -0.4 is 10.6 Å². The molecule has 0 fully saturated rings. The molecular formula is C16H15ClN2OS. The Morgan fingerprint density at radius 1 is 1.05 bits per heavy atom. The maximum absolute atomic E-state index is 11.9. The summed E-state index contributed by atoms with van der Waals surface area (Å²) in [7, 11) is 0. The molecule has 0 aliphatic rings. The molecule has 21 heavy (non-hydrogen) atoms. The maximum atomic E-state index is 11.9. The summed E-state index contributed by atoms with van der Waals surface area (Å²) in [6, 6.07) is 16.7. The van der Waals surface area contributed by atoms with Crippen LogP contribution in [0, 0.1) is 0 Å². The summed E-state index contributed by atoms with van der Waals surface area (Å²) in [6.07, 6.45) is 0.845. The molecule has 108 valence electrons. The fourth-order valence-electron chi connectivity index (χ4n) is 1.79. The number of thiocarbonyl (C=S) groups is 1. The normalized spacial score (nSPS) is 9.95. The van der Waals surface area contributed by atoms with Crippen molar-refractivity contribution in [2.24, 2.45) is 0 Å². The van der Waals surface area contributed by atoms with Crippen LogP contribution in [-0.4, -0.2) is 17.6 Å². The van der Waals surface area contributed by atoms with Crippen molar-refractivity contribution in [1.82, 2.24) is 10.6 Å². The van der Waals surface area contributed by atoms with Gasteiger partial charge in [0.1, 0.15) is 0 Å². The van der Waals surface area contributed by atoms with Crippen LogP contribution in [-0.2, 0) is 6.42 Å². The average molecular weight is 319 g/mol. The molecule has 0 heterocycles. The molecule has 2 N–H and O–H groups in total. The number of amides is 1. The molecule has 2 rings (SSSR count). The highest BCUT2D eigenvalue weighted by Crippen LogP contribution is 2.09. The molecule has 3 nitrogen and oxygen atoms in total. The van der Waals surface area contributed by atoms with Crippen LogP contribution in [0.4, 0.5) is 0 Å². The minimum Gasteiger partial charge on any atom is -0.362 e. The largest absolute Gasteiger partial charge is 0.362 e. The molecule has 0 unspecified atom stereocenters. The first-order valence-corrected chi connectivity index (χ1v) is 7.32. The Labute approximate surface area is 134 Å². The zero-order valence-electron chi connectivity index (χ0n) is 11.3. The zero-order valence-corrected chi connectivity index (χ0v) is 12.9. The Kier molecular flexibility index (Phi) is 5.72. The van der Waals surface area contributed by atoms with E-state index < -0.39 is 0 Å².